The number of carbonyl (C=O) groups excluding carboxylic acids is 2. The van der Waals surface area contributed by atoms with Gasteiger partial charge in [-0.25, -0.2) is 15.0 Å². The molecule has 8 nitrogen and oxygen atoms in total. The molecule has 2 aromatic heterocycles. The number of hydrogen-bond acceptors (Lipinski definition) is 9. The molecule has 0 bridgehead atoms. The summed E-state index contributed by atoms with van der Waals surface area (Å²) in [6.07, 6.45) is 3.03. The number of thiazole rings is 1. The fourth-order valence-corrected chi connectivity index (χ4v) is 7.21. The van der Waals surface area contributed by atoms with Gasteiger partial charge in [-0.1, -0.05) is 19.1 Å². The van der Waals surface area contributed by atoms with E-state index < -0.39 is 11.7 Å². The van der Waals surface area contributed by atoms with E-state index in [0.717, 1.165) is 30.7 Å². The smallest absolute Gasteiger partial charge is 0.416 e. The first kappa shape index (κ1) is 32.0. The minimum Gasteiger partial charge on any atom is -0.466 e. The van der Waals surface area contributed by atoms with E-state index in [1.54, 1.807) is 19.2 Å². The highest BCUT2D eigenvalue weighted by Gasteiger charge is 2.33. The first-order chi connectivity index (χ1) is 21.1. The highest BCUT2D eigenvalue weighted by molar-refractivity contribution is 7.12. The molecule has 0 saturated carbocycles. The molecule has 0 radical (unpaired) electrons. The number of rotatable bonds is 10. The van der Waals surface area contributed by atoms with Crippen molar-refractivity contribution in [1.29, 1.82) is 0 Å². The largest absolute Gasteiger partial charge is 0.466 e. The van der Waals surface area contributed by atoms with Gasteiger partial charge in [0.05, 0.1) is 42.6 Å². The van der Waals surface area contributed by atoms with Crippen molar-refractivity contribution >= 4 is 28.9 Å². The average molecular weight is 630 g/mol. The molecule has 2 fully saturated rings. The van der Waals surface area contributed by atoms with E-state index in [0.29, 0.717) is 67.2 Å². The zero-order valence-corrected chi connectivity index (χ0v) is 26.1. The molecule has 2 saturated heterocycles. The van der Waals surface area contributed by atoms with Gasteiger partial charge in [-0.2, -0.15) is 13.2 Å². The van der Waals surface area contributed by atoms with Crippen LogP contribution in [-0.2, 0) is 28.7 Å². The Labute approximate surface area is 259 Å². The molecule has 1 aromatic carbocycles. The van der Waals surface area contributed by atoms with E-state index in [9.17, 15) is 22.8 Å². The molecule has 0 aliphatic carbocycles. The number of benzene rings is 1. The van der Waals surface area contributed by atoms with Crippen molar-refractivity contribution in [3.8, 4) is 11.3 Å². The van der Waals surface area contributed by atoms with E-state index in [-0.39, 0.29) is 35.3 Å². The summed E-state index contributed by atoms with van der Waals surface area (Å²) in [6.45, 7) is 8.55. The minimum absolute atomic E-state index is 0.0220. The molecule has 0 amide bonds. The highest BCUT2D eigenvalue weighted by atomic mass is 32.1. The number of aromatic nitrogens is 3. The first-order valence-electron chi connectivity index (χ1n) is 15.2. The SMILES string of the molecule is CCOC(=O)C1CCN(c2cnc(C(=O)Cc3nc(-c4ccc(C)c(C(F)(F)F)c4)c(CN4CCC[C@H]4CC)s3)cn2)CC1. The Morgan fingerprint density at radius 1 is 1.07 bits per heavy atom. The van der Waals surface area contributed by atoms with E-state index in [1.165, 1.54) is 36.6 Å². The Bertz CT molecular complexity index is 1470. The maximum Gasteiger partial charge on any atom is 0.416 e. The Morgan fingerprint density at radius 3 is 2.50 bits per heavy atom. The molecule has 5 rings (SSSR count). The predicted molar refractivity (Wildman–Crippen MR) is 163 cm³/mol. The van der Waals surface area contributed by atoms with Crippen LogP contribution in [0.15, 0.2) is 30.6 Å². The Kier molecular flexibility index (Phi) is 9.99. The van der Waals surface area contributed by atoms with Gasteiger partial charge in [0.1, 0.15) is 16.5 Å². The predicted octanol–water partition coefficient (Wildman–Crippen LogP) is 6.51. The van der Waals surface area contributed by atoms with Gasteiger partial charge in [-0.05, 0) is 64.1 Å². The van der Waals surface area contributed by atoms with Crippen LogP contribution < -0.4 is 4.90 Å². The first-order valence-corrected chi connectivity index (χ1v) is 16.1. The molecule has 0 unspecified atom stereocenters. The van der Waals surface area contributed by atoms with Crippen LogP contribution in [0.3, 0.4) is 0 Å². The van der Waals surface area contributed by atoms with E-state index >= 15 is 0 Å². The molecule has 2 aliphatic rings. The third-order valence-corrected chi connectivity index (χ3v) is 9.59. The van der Waals surface area contributed by atoms with Crippen LogP contribution in [0.2, 0.25) is 0 Å². The third-order valence-electron chi connectivity index (χ3n) is 8.55. The monoisotopic (exact) mass is 629 g/mol. The molecule has 1 atom stereocenters. The van der Waals surface area contributed by atoms with Crippen molar-refractivity contribution in [3.05, 3.63) is 57.3 Å². The second kappa shape index (κ2) is 13.7. The molecular weight excluding hydrogens is 591 g/mol. The summed E-state index contributed by atoms with van der Waals surface area (Å²) in [4.78, 5) is 44.1. The Morgan fingerprint density at radius 2 is 1.84 bits per heavy atom. The van der Waals surface area contributed by atoms with Crippen LogP contribution in [0.1, 0.15) is 77.5 Å². The topological polar surface area (TPSA) is 88.5 Å². The van der Waals surface area contributed by atoms with Gasteiger partial charge in [0, 0.05) is 36.1 Å². The van der Waals surface area contributed by atoms with Crippen LogP contribution in [0.4, 0.5) is 19.0 Å². The van der Waals surface area contributed by atoms with Gasteiger partial charge in [-0.15, -0.1) is 11.3 Å². The fraction of sp³-hybridized carbons (Fsp3) is 0.531. The molecule has 0 spiro atoms. The number of hydrogen-bond donors (Lipinski definition) is 0. The number of likely N-dealkylation sites (tertiary alicyclic amines) is 1. The van der Waals surface area contributed by atoms with E-state index in [1.807, 2.05) is 4.90 Å². The maximum absolute atomic E-state index is 13.8. The summed E-state index contributed by atoms with van der Waals surface area (Å²) in [6, 6.07) is 4.74. The zero-order valence-electron chi connectivity index (χ0n) is 25.3. The number of Topliss-reactive ketones (excluding diaryl/α,β-unsaturated/α-hetero) is 1. The lowest BCUT2D eigenvalue weighted by Crippen LogP contribution is -2.37. The second-order valence-electron chi connectivity index (χ2n) is 11.5. The van der Waals surface area contributed by atoms with Gasteiger partial charge in [-0.3, -0.25) is 14.5 Å². The molecule has 12 heteroatoms. The van der Waals surface area contributed by atoms with Crippen molar-refractivity contribution in [2.24, 2.45) is 5.92 Å². The van der Waals surface area contributed by atoms with Gasteiger partial charge >= 0.3 is 12.1 Å². The lowest BCUT2D eigenvalue weighted by molar-refractivity contribution is -0.148. The summed E-state index contributed by atoms with van der Waals surface area (Å²) in [5.74, 6) is 0.0934. The average Bonchev–Trinajstić information content (AvgIpc) is 3.63. The van der Waals surface area contributed by atoms with Gasteiger partial charge < -0.3 is 9.64 Å². The Balaban J connectivity index is 1.33. The number of halogens is 3. The normalized spacial score (nSPS) is 18.1. The maximum atomic E-state index is 13.8. The highest BCUT2D eigenvalue weighted by Crippen LogP contribution is 2.38. The summed E-state index contributed by atoms with van der Waals surface area (Å²) < 4.78 is 46.4. The molecule has 4 heterocycles. The summed E-state index contributed by atoms with van der Waals surface area (Å²) in [7, 11) is 0. The number of alkyl halides is 3. The number of anilines is 1. The number of esters is 1. The molecule has 236 valence electrons. The lowest BCUT2D eigenvalue weighted by Gasteiger charge is -2.31. The van der Waals surface area contributed by atoms with Crippen LogP contribution in [-0.4, -0.2) is 63.9 Å². The standard InChI is InChI=1S/C32H38F3N5O3S/c1-4-23-7-6-12-40(23)19-27-30(22-9-8-20(3)24(15-22)32(33,34)35)38-29(44-27)16-26(41)25-17-37-28(18-36-25)39-13-10-21(11-14-39)31(42)43-5-2/h8-9,15,17-18,21,23H,4-7,10-14,16,19H2,1-3H3/t23-/m1/s1. The Hall–Kier alpha value is -3.38. The summed E-state index contributed by atoms with van der Waals surface area (Å²) in [5.41, 5.74) is 0.575. The van der Waals surface area contributed by atoms with Crippen LogP contribution in [0.25, 0.3) is 11.3 Å². The molecule has 3 aromatic rings. The van der Waals surface area contributed by atoms with Crippen molar-refractivity contribution < 1.29 is 27.5 Å². The summed E-state index contributed by atoms with van der Waals surface area (Å²) >= 11 is 1.38. The van der Waals surface area contributed by atoms with Crippen LogP contribution >= 0.6 is 11.3 Å². The van der Waals surface area contributed by atoms with E-state index in [2.05, 4.69) is 21.8 Å². The van der Waals surface area contributed by atoms with E-state index in [4.69, 9.17) is 9.72 Å². The van der Waals surface area contributed by atoms with Gasteiger partial charge in [0.15, 0.2) is 5.78 Å². The van der Waals surface area contributed by atoms with Crippen molar-refractivity contribution in [2.75, 3.05) is 31.1 Å². The van der Waals surface area contributed by atoms with Gasteiger partial charge in [0.2, 0.25) is 0 Å². The summed E-state index contributed by atoms with van der Waals surface area (Å²) in [5, 5.41) is 0.535. The number of carbonyl (C=O) groups is 2. The molecule has 44 heavy (non-hydrogen) atoms. The molecular formula is C32H38F3N5O3S. The zero-order chi connectivity index (χ0) is 31.4. The number of nitrogens with zero attached hydrogens (tertiary/aromatic N) is 5. The number of ketones is 1. The molecule has 0 N–H and O–H groups in total. The lowest BCUT2D eigenvalue weighted by atomic mass is 9.97. The quantitative estimate of drug-likeness (QED) is 0.185. The van der Waals surface area contributed by atoms with Gasteiger partial charge in [0.25, 0.3) is 0 Å². The second-order valence-corrected chi connectivity index (χ2v) is 12.6. The van der Waals surface area contributed by atoms with Crippen molar-refractivity contribution in [1.82, 2.24) is 19.9 Å². The minimum atomic E-state index is -4.47. The number of aryl methyl sites for hydroxylation is 1. The van der Waals surface area contributed by atoms with Crippen molar-refractivity contribution in [3.63, 3.8) is 0 Å². The fourth-order valence-electron chi connectivity index (χ4n) is 6.09. The number of ether oxygens (including phenoxy) is 1. The van der Waals surface area contributed by atoms with Crippen LogP contribution in [0, 0.1) is 12.8 Å². The van der Waals surface area contributed by atoms with Crippen LogP contribution in [0.5, 0.6) is 0 Å². The third kappa shape index (κ3) is 7.28. The molecule has 2 aliphatic heterocycles. The number of piperidine rings is 1. The van der Waals surface area contributed by atoms with Crippen molar-refractivity contribution in [2.45, 2.75) is 78.1 Å².